The monoisotopic (exact) mass is 352 g/mol. The first-order valence-corrected chi connectivity index (χ1v) is 9.04. The second-order valence-corrected chi connectivity index (χ2v) is 6.33. The van der Waals surface area contributed by atoms with Crippen molar-refractivity contribution >= 4 is 23.2 Å². The molecule has 2 amide bonds. The molecular formula is C21H24N2O3. The van der Waals surface area contributed by atoms with Crippen LogP contribution >= 0.6 is 0 Å². The summed E-state index contributed by atoms with van der Waals surface area (Å²) < 4.78 is 5.43. The zero-order chi connectivity index (χ0) is 18.5. The zero-order valence-electron chi connectivity index (χ0n) is 15.2. The van der Waals surface area contributed by atoms with E-state index in [1.165, 1.54) is 0 Å². The lowest BCUT2D eigenvalue weighted by Gasteiger charge is -2.17. The van der Waals surface area contributed by atoms with E-state index in [4.69, 9.17) is 4.74 Å². The van der Waals surface area contributed by atoms with Gasteiger partial charge in [0.2, 0.25) is 11.8 Å². The number of rotatable bonds is 6. The molecule has 5 heteroatoms. The molecule has 2 aromatic carbocycles. The van der Waals surface area contributed by atoms with E-state index in [1.54, 1.807) is 4.90 Å². The van der Waals surface area contributed by atoms with Crippen LogP contribution in [0.4, 0.5) is 11.4 Å². The molecule has 0 aliphatic carbocycles. The van der Waals surface area contributed by atoms with Crippen LogP contribution in [-0.4, -0.2) is 25.0 Å². The van der Waals surface area contributed by atoms with Crippen molar-refractivity contribution in [1.29, 1.82) is 0 Å². The van der Waals surface area contributed by atoms with E-state index in [9.17, 15) is 9.59 Å². The predicted octanol–water partition coefficient (Wildman–Crippen LogP) is 3.64. The molecule has 0 saturated carbocycles. The molecule has 2 aromatic rings. The van der Waals surface area contributed by atoms with Crippen LogP contribution < -0.4 is 15.0 Å². The molecule has 0 spiro atoms. The Balaban J connectivity index is 1.68. The molecule has 1 aliphatic heterocycles. The van der Waals surface area contributed by atoms with Gasteiger partial charge in [0.05, 0.1) is 12.5 Å². The van der Waals surface area contributed by atoms with Crippen LogP contribution in [0.1, 0.15) is 25.8 Å². The highest BCUT2D eigenvalue weighted by atomic mass is 16.5. The van der Waals surface area contributed by atoms with E-state index in [1.807, 2.05) is 55.5 Å². The summed E-state index contributed by atoms with van der Waals surface area (Å²) >= 11 is 0. The summed E-state index contributed by atoms with van der Waals surface area (Å²) in [7, 11) is 0. The Morgan fingerprint density at radius 2 is 1.88 bits per heavy atom. The van der Waals surface area contributed by atoms with Crippen LogP contribution in [0.3, 0.4) is 0 Å². The Bertz CT molecular complexity index is 786. The molecule has 0 aromatic heterocycles. The first-order chi connectivity index (χ1) is 12.6. The highest BCUT2D eigenvalue weighted by Crippen LogP contribution is 2.28. The van der Waals surface area contributed by atoms with Crippen LogP contribution in [0.25, 0.3) is 0 Å². The van der Waals surface area contributed by atoms with Crippen LogP contribution in [0, 0.1) is 5.92 Å². The van der Waals surface area contributed by atoms with Gasteiger partial charge in [-0.3, -0.25) is 9.59 Å². The van der Waals surface area contributed by atoms with Gasteiger partial charge in [0.1, 0.15) is 5.75 Å². The zero-order valence-corrected chi connectivity index (χ0v) is 15.2. The van der Waals surface area contributed by atoms with Gasteiger partial charge >= 0.3 is 0 Å². The molecular weight excluding hydrogens is 328 g/mol. The van der Waals surface area contributed by atoms with E-state index >= 15 is 0 Å². The van der Waals surface area contributed by atoms with Gasteiger partial charge in [0.25, 0.3) is 0 Å². The Labute approximate surface area is 154 Å². The molecule has 1 atom stereocenters. The highest BCUT2D eigenvalue weighted by molar-refractivity contribution is 6.03. The van der Waals surface area contributed by atoms with Crippen LogP contribution in [0.15, 0.2) is 48.5 Å². The Kier molecular flexibility index (Phi) is 5.56. The van der Waals surface area contributed by atoms with Crippen molar-refractivity contribution in [3.63, 3.8) is 0 Å². The maximum atomic E-state index is 12.6. The summed E-state index contributed by atoms with van der Waals surface area (Å²) in [6.45, 7) is 4.98. The first kappa shape index (κ1) is 18.0. The smallest absolute Gasteiger partial charge is 0.229 e. The summed E-state index contributed by atoms with van der Waals surface area (Å²) in [6, 6.07) is 15.2. The number of aryl methyl sites for hydroxylation is 1. The number of ether oxygens (including phenoxy) is 1. The van der Waals surface area contributed by atoms with Crippen LogP contribution in [0.5, 0.6) is 5.75 Å². The van der Waals surface area contributed by atoms with Crippen molar-refractivity contribution in [2.24, 2.45) is 5.92 Å². The average molecular weight is 352 g/mol. The largest absolute Gasteiger partial charge is 0.494 e. The quantitative estimate of drug-likeness (QED) is 0.863. The van der Waals surface area contributed by atoms with Gasteiger partial charge < -0.3 is 15.0 Å². The van der Waals surface area contributed by atoms with E-state index < -0.39 is 0 Å². The van der Waals surface area contributed by atoms with Gasteiger partial charge in [-0.15, -0.1) is 0 Å². The lowest BCUT2D eigenvalue weighted by atomic mass is 10.1. The third kappa shape index (κ3) is 3.87. The van der Waals surface area contributed by atoms with Crippen LogP contribution in [-0.2, 0) is 16.0 Å². The third-order valence-corrected chi connectivity index (χ3v) is 4.61. The number of amides is 2. The Hall–Kier alpha value is -2.82. The number of carbonyl (C=O) groups is 2. The van der Waals surface area contributed by atoms with Gasteiger partial charge in [-0.25, -0.2) is 0 Å². The summed E-state index contributed by atoms with van der Waals surface area (Å²) in [5.41, 5.74) is 2.71. The Morgan fingerprint density at radius 3 is 2.58 bits per heavy atom. The maximum absolute atomic E-state index is 12.6. The minimum absolute atomic E-state index is 0.0295. The molecule has 1 fully saturated rings. The molecule has 0 bridgehead atoms. The van der Waals surface area contributed by atoms with Gasteiger partial charge in [0, 0.05) is 24.3 Å². The lowest BCUT2D eigenvalue weighted by Crippen LogP contribution is -2.28. The second kappa shape index (κ2) is 8.04. The number of para-hydroxylation sites is 1. The van der Waals surface area contributed by atoms with E-state index in [-0.39, 0.29) is 24.2 Å². The summed E-state index contributed by atoms with van der Waals surface area (Å²) in [5.74, 6) is 0.290. The third-order valence-electron chi connectivity index (χ3n) is 4.61. The number of benzene rings is 2. The summed E-state index contributed by atoms with van der Waals surface area (Å²) in [6.07, 6.45) is 1.08. The van der Waals surface area contributed by atoms with Crippen molar-refractivity contribution < 1.29 is 14.3 Å². The first-order valence-electron chi connectivity index (χ1n) is 9.04. The second-order valence-electron chi connectivity index (χ2n) is 6.33. The fraction of sp³-hybridized carbons (Fsp3) is 0.333. The normalized spacial score (nSPS) is 16.6. The fourth-order valence-electron chi connectivity index (χ4n) is 3.21. The molecule has 26 heavy (non-hydrogen) atoms. The number of anilines is 2. The van der Waals surface area contributed by atoms with E-state index in [2.05, 4.69) is 12.2 Å². The summed E-state index contributed by atoms with van der Waals surface area (Å²) in [5, 5.41) is 2.98. The topological polar surface area (TPSA) is 58.6 Å². The maximum Gasteiger partial charge on any atom is 0.229 e. The molecule has 5 nitrogen and oxygen atoms in total. The minimum atomic E-state index is -0.348. The molecule has 1 aliphatic rings. The van der Waals surface area contributed by atoms with Crippen molar-refractivity contribution in [3.8, 4) is 5.75 Å². The van der Waals surface area contributed by atoms with Crippen molar-refractivity contribution in [2.75, 3.05) is 23.4 Å². The van der Waals surface area contributed by atoms with Crippen molar-refractivity contribution in [1.82, 2.24) is 0 Å². The fourth-order valence-corrected chi connectivity index (χ4v) is 3.21. The highest BCUT2D eigenvalue weighted by Gasteiger charge is 2.35. The molecule has 3 rings (SSSR count). The predicted molar refractivity (Wildman–Crippen MR) is 103 cm³/mol. The van der Waals surface area contributed by atoms with E-state index in [0.717, 1.165) is 29.1 Å². The molecule has 0 radical (unpaired) electrons. The van der Waals surface area contributed by atoms with Gasteiger partial charge in [0.15, 0.2) is 0 Å². The van der Waals surface area contributed by atoms with Gasteiger partial charge in [-0.2, -0.15) is 0 Å². The summed E-state index contributed by atoms with van der Waals surface area (Å²) in [4.78, 5) is 26.7. The standard InChI is InChI=1S/C21H24N2O3/c1-3-15-7-5-6-8-19(15)22-21(25)16-13-20(24)23(14-16)17-9-11-18(12-10-17)26-4-2/h5-12,16H,3-4,13-14H2,1-2H3,(H,22,25). The van der Waals surface area contributed by atoms with Gasteiger partial charge in [-0.05, 0) is 49.2 Å². The number of carbonyl (C=O) groups excluding carboxylic acids is 2. The molecule has 136 valence electrons. The number of hydrogen-bond donors (Lipinski definition) is 1. The van der Waals surface area contributed by atoms with Crippen molar-refractivity contribution in [3.05, 3.63) is 54.1 Å². The number of nitrogens with one attached hydrogen (secondary N) is 1. The molecule has 1 heterocycles. The van der Waals surface area contributed by atoms with Crippen LogP contribution in [0.2, 0.25) is 0 Å². The molecule has 1 N–H and O–H groups in total. The average Bonchev–Trinajstić information content (AvgIpc) is 3.05. The Morgan fingerprint density at radius 1 is 1.15 bits per heavy atom. The minimum Gasteiger partial charge on any atom is -0.494 e. The molecule has 1 saturated heterocycles. The van der Waals surface area contributed by atoms with Crippen molar-refractivity contribution in [2.45, 2.75) is 26.7 Å². The number of nitrogens with zero attached hydrogens (tertiary/aromatic N) is 1. The molecule has 1 unspecified atom stereocenters. The number of hydrogen-bond acceptors (Lipinski definition) is 3. The van der Waals surface area contributed by atoms with Gasteiger partial charge in [-0.1, -0.05) is 25.1 Å². The SMILES string of the molecule is CCOc1ccc(N2CC(C(=O)Nc3ccccc3CC)CC2=O)cc1. The lowest BCUT2D eigenvalue weighted by molar-refractivity contribution is -0.122. The van der Waals surface area contributed by atoms with E-state index in [0.29, 0.717) is 13.2 Å².